The van der Waals surface area contributed by atoms with Gasteiger partial charge in [0.2, 0.25) is 0 Å². The summed E-state index contributed by atoms with van der Waals surface area (Å²) in [4.78, 5) is 13.3. The summed E-state index contributed by atoms with van der Waals surface area (Å²) in [5.41, 5.74) is 1.17. The molecule has 1 unspecified atom stereocenters. The molecule has 0 aromatic rings. The number of carbonyl (C=O) groups is 1. The minimum absolute atomic E-state index is 0.157. The van der Waals surface area contributed by atoms with Gasteiger partial charge in [0.15, 0.2) is 0 Å². The second-order valence-electron chi connectivity index (χ2n) is 3.70. The van der Waals surface area contributed by atoms with E-state index in [4.69, 9.17) is 4.74 Å². The number of piperidine rings is 1. The third-order valence-electron chi connectivity index (χ3n) is 2.82. The molecular weight excluding hydrogens is 194 g/mol. The molecular formula is C11H19NO3. The number of ether oxygens (including phenoxy) is 2. The quantitative estimate of drug-likeness (QED) is 0.521. The molecule has 0 amide bonds. The van der Waals surface area contributed by atoms with E-state index in [1.807, 2.05) is 6.92 Å². The minimum atomic E-state index is -0.252. The van der Waals surface area contributed by atoms with Crippen LogP contribution in [0.5, 0.6) is 0 Å². The van der Waals surface area contributed by atoms with E-state index in [0.29, 0.717) is 0 Å². The first kappa shape index (κ1) is 12.2. The molecule has 4 nitrogen and oxygen atoms in total. The van der Waals surface area contributed by atoms with Crippen LogP contribution in [0.4, 0.5) is 0 Å². The largest absolute Gasteiger partial charge is 0.466 e. The normalized spacial score (nSPS) is 19.8. The van der Waals surface area contributed by atoms with Gasteiger partial charge in [-0.2, -0.15) is 0 Å². The van der Waals surface area contributed by atoms with Crippen LogP contribution >= 0.6 is 0 Å². The zero-order chi connectivity index (χ0) is 11.3. The molecule has 0 spiro atoms. The lowest BCUT2D eigenvalue weighted by atomic mass is 10.0. The molecule has 1 saturated heterocycles. The molecule has 0 N–H and O–H groups in total. The first-order valence-corrected chi connectivity index (χ1v) is 5.21. The van der Waals surface area contributed by atoms with Crippen LogP contribution in [0.1, 0.15) is 19.8 Å². The Morgan fingerprint density at radius 2 is 2.00 bits per heavy atom. The Morgan fingerprint density at radius 1 is 1.40 bits per heavy atom. The van der Waals surface area contributed by atoms with Crippen molar-refractivity contribution in [3.63, 3.8) is 0 Å². The van der Waals surface area contributed by atoms with E-state index in [1.54, 1.807) is 13.2 Å². The first-order valence-electron chi connectivity index (χ1n) is 5.21. The number of likely N-dealkylation sites (tertiary alicyclic amines) is 1. The van der Waals surface area contributed by atoms with E-state index in [9.17, 15) is 4.79 Å². The Balaban J connectivity index is 2.42. The molecule has 0 aromatic carbocycles. The molecule has 1 fully saturated rings. The van der Waals surface area contributed by atoms with Gasteiger partial charge < -0.3 is 9.47 Å². The lowest BCUT2D eigenvalue weighted by Crippen LogP contribution is -2.39. The maximum Gasteiger partial charge on any atom is 0.330 e. The van der Waals surface area contributed by atoms with Gasteiger partial charge in [0.25, 0.3) is 0 Å². The molecule has 0 aliphatic carbocycles. The van der Waals surface area contributed by atoms with Gasteiger partial charge in [-0.15, -0.1) is 0 Å². The van der Waals surface area contributed by atoms with Gasteiger partial charge in [-0.25, -0.2) is 4.79 Å². The van der Waals surface area contributed by atoms with Gasteiger partial charge in [0.1, 0.15) is 6.23 Å². The van der Waals surface area contributed by atoms with Crippen LogP contribution < -0.4 is 0 Å². The number of rotatable bonds is 3. The van der Waals surface area contributed by atoms with Crippen molar-refractivity contribution in [2.45, 2.75) is 26.0 Å². The lowest BCUT2D eigenvalue weighted by molar-refractivity contribution is -0.134. The number of carbonyl (C=O) groups excluding carboxylic acids is 1. The highest BCUT2D eigenvalue weighted by Gasteiger charge is 2.18. The van der Waals surface area contributed by atoms with Crippen LogP contribution in [-0.2, 0) is 14.3 Å². The summed E-state index contributed by atoms with van der Waals surface area (Å²) in [7, 11) is 3.12. The summed E-state index contributed by atoms with van der Waals surface area (Å²) in [5, 5.41) is 0. The van der Waals surface area contributed by atoms with Crippen molar-refractivity contribution < 1.29 is 14.3 Å². The van der Waals surface area contributed by atoms with E-state index >= 15 is 0 Å². The highest BCUT2D eigenvalue weighted by atomic mass is 16.5. The maximum atomic E-state index is 11.0. The number of methoxy groups -OCH3 is 2. The van der Waals surface area contributed by atoms with Crippen molar-refractivity contribution in [1.82, 2.24) is 4.90 Å². The Labute approximate surface area is 90.8 Å². The van der Waals surface area contributed by atoms with Crippen molar-refractivity contribution in [1.29, 1.82) is 0 Å². The number of esters is 1. The Kier molecular flexibility index (Phi) is 4.78. The molecule has 1 rings (SSSR count). The van der Waals surface area contributed by atoms with Gasteiger partial charge >= 0.3 is 5.97 Å². The third-order valence-corrected chi connectivity index (χ3v) is 2.82. The van der Waals surface area contributed by atoms with Gasteiger partial charge in [-0.3, -0.25) is 4.90 Å². The summed E-state index contributed by atoms with van der Waals surface area (Å²) < 4.78 is 9.84. The van der Waals surface area contributed by atoms with E-state index in [-0.39, 0.29) is 12.2 Å². The van der Waals surface area contributed by atoms with E-state index < -0.39 is 0 Å². The molecule has 0 radical (unpaired) electrons. The zero-order valence-electron chi connectivity index (χ0n) is 9.66. The highest BCUT2D eigenvalue weighted by Crippen LogP contribution is 2.18. The fourth-order valence-electron chi connectivity index (χ4n) is 1.69. The fraction of sp³-hybridized carbons (Fsp3) is 0.727. The van der Waals surface area contributed by atoms with Crippen molar-refractivity contribution in [3.05, 3.63) is 11.6 Å². The molecule has 15 heavy (non-hydrogen) atoms. The van der Waals surface area contributed by atoms with Gasteiger partial charge in [0, 0.05) is 26.3 Å². The summed E-state index contributed by atoms with van der Waals surface area (Å²) in [6.45, 7) is 3.92. The van der Waals surface area contributed by atoms with Gasteiger partial charge in [0.05, 0.1) is 7.11 Å². The summed E-state index contributed by atoms with van der Waals surface area (Å²) in [5.74, 6) is -0.252. The van der Waals surface area contributed by atoms with Crippen LogP contribution in [0.25, 0.3) is 0 Å². The Hall–Kier alpha value is -0.870. The topological polar surface area (TPSA) is 38.8 Å². The molecule has 0 saturated carbocycles. The van der Waals surface area contributed by atoms with Crippen molar-refractivity contribution in [2.24, 2.45) is 0 Å². The van der Waals surface area contributed by atoms with Crippen molar-refractivity contribution in [3.8, 4) is 0 Å². The molecule has 86 valence electrons. The third kappa shape index (κ3) is 3.64. The van der Waals surface area contributed by atoms with E-state index in [1.165, 1.54) is 12.7 Å². The predicted octanol–water partition coefficient (Wildman–Crippen LogP) is 1.17. The number of hydrogen-bond donors (Lipinski definition) is 0. The first-order chi connectivity index (χ1) is 7.17. The molecule has 1 heterocycles. The van der Waals surface area contributed by atoms with E-state index in [0.717, 1.165) is 25.9 Å². The number of hydrogen-bond acceptors (Lipinski definition) is 4. The standard InChI is InChI=1S/C11H19NO3/c1-9(14-2)12-6-4-10(5-7-12)8-11(13)15-3/h8-9H,4-7H2,1-3H3. The fourth-order valence-corrected chi connectivity index (χ4v) is 1.69. The molecule has 0 bridgehead atoms. The smallest absolute Gasteiger partial charge is 0.330 e. The molecule has 4 heteroatoms. The monoisotopic (exact) mass is 213 g/mol. The van der Waals surface area contributed by atoms with Crippen LogP contribution in [0.15, 0.2) is 11.6 Å². The molecule has 1 atom stereocenters. The summed E-state index contributed by atoms with van der Waals surface area (Å²) >= 11 is 0. The van der Waals surface area contributed by atoms with Crippen LogP contribution in [0, 0.1) is 0 Å². The average molecular weight is 213 g/mol. The Bertz CT molecular complexity index is 240. The van der Waals surface area contributed by atoms with Crippen LogP contribution in [0.3, 0.4) is 0 Å². The molecule has 0 aromatic heterocycles. The van der Waals surface area contributed by atoms with Gasteiger partial charge in [-0.05, 0) is 19.8 Å². The molecule has 1 aliphatic heterocycles. The maximum absolute atomic E-state index is 11.0. The highest BCUT2D eigenvalue weighted by molar-refractivity contribution is 5.82. The van der Waals surface area contributed by atoms with Crippen molar-refractivity contribution >= 4 is 5.97 Å². The second kappa shape index (κ2) is 5.88. The average Bonchev–Trinajstić information content (AvgIpc) is 2.29. The van der Waals surface area contributed by atoms with Crippen LogP contribution in [-0.4, -0.2) is 44.4 Å². The van der Waals surface area contributed by atoms with Crippen LogP contribution in [0.2, 0.25) is 0 Å². The molecule has 1 aliphatic rings. The predicted molar refractivity (Wildman–Crippen MR) is 57.4 cm³/mol. The van der Waals surface area contributed by atoms with Gasteiger partial charge in [-0.1, -0.05) is 5.57 Å². The minimum Gasteiger partial charge on any atom is -0.466 e. The Morgan fingerprint density at radius 3 is 2.47 bits per heavy atom. The zero-order valence-corrected chi connectivity index (χ0v) is 9.66. The van der Waals surface area contributed by atoms with Crippen molar-refractivity contribution in [2.75, 3.05) is 27.3 Å². The summed E-state index contributed by atoms with van der Waals surface area (Å²) in [6.07, 6.45) is 3.60. The SMILES string of the molecule is COC(=O)C=C1CCN(C(C)OC)CC1. The van der Waals surface area contributed by atoms with E-state index in [2.05, 4.69) is 9.64 Å². The lowest BCUT2D eigenvalue weighted by Gasteiger charge is -2.32. The number of nitrogens with zero attached hydrogens (tertiary/aromatic N) is 1. The second-order valence-corrected chi connectivity index (χ2v) is 3.70. The summed E-state index contributed by atoms with van der Waals surface area (Å²) in [6, 6.07) is 0.